The van der Waals surface area contributed by atoms with Gasteiger partial charge in [-0.25, -0.2) is 0 Å². The minimum Gasteiger partial charge on any atom is -0.494 e. The summed E-state index contributed by atoms with van der Waals surface area (Å²) in [6.45, 7) is 5.09. The van der Waals surface area contributed by atoms with Gasteiger partial charge < -0.3 is 10.1 Å². The van der Waals surface area contributed by atoms with Crippen molar-refractivity contribution in [2.24, 2.45) is 5.92 Å². The van der Waals surface area contributed by atoms with Crippen LogP contribution in [0.3, 0.4) is 0 Å². The van der Waals surface area contributed by atoms with E-state index in [4.69, 9.17) is 4.74 Å². The standard InChI is InChI=1S/C12H17NO/c1-2-14-12-6-4-3-5-11(12)7-10-8-13-9-10/h3-6,10,13H,2,7-9H2,1H3. The smallest absolute Gasteiger partial charge is 0.122 e. The predicted molar refractivity (Wildman–Crippen MR) is 57.7 cm³/mol. The Bertz CT molecular complexity index is 294. The Morgan fingerprint density at radius 1 is 1.36 bits per heavy atom. The van der Waals surface area contributed by atoms with Crippen molar-refractivity contribution < 1.29 is 4.74 Å². The van der Waals surface area contributed by atoms with Gasteiger partial charge in [0.15, 0.2) is 0 Å². The lowest BCUT2D eigenvalue weighted by Gasteiger charge is -2.27. The van der Waals surface area contributed by atoms with E-state index in [-0.39, 0.29) is 0 Å². The zero-order valence-electron chi connectivity index (χ0n) is 8.62. The molecule has 14 heavy (non-hydrogen) atoms. The third kappa shape index (κ3) is 2.07. The van der Waals surface area contributed by atoms with Gasteiger partial charge in [-0.2, -0.15) is 0 Å². The molecule has 1 aliphatic heterocycles. The number of hydrogen-bond acceptors (Lipinski definition) is 2. The first-order valence-corrected chi connectivity index (χ1v) is 5.31. The molecule has 1 fully saturated rings. The van der Waals surface area contributed by atoms with Crippen molar-refractivity contribution in [2.45, 2.75) is 13.3 Å². The summed E-state index contributed by atoms with van der Waals surface area (Å²) in [7, 11) is 0. The fraction of sp³-hybridized carbons (Fsp3) is 0.500. The SMILES string of the molecule is CCOc1ccccc1CC1CNC1. The number of rotatable bonds is 4. The van der Waals surface area contributed by atoms with Gasteiger partial charge in [0.2, 0.25) is 0 Å². The predicted octanol–water partition coefficient (Wildman–Crippen LogP) is 1.85. The van der Waals surface area contributed by atoms with Crippen LogP contribution in [0, 0.1) is 5.92 Å². The van der Waals surface area contributed by atoms with Crippen LogP contribution < -0.4 is 10.1 Å². The van der Waals surface area contributed by atoms with Crippen LogP contribution >= 0.6 is 0 Å². The maximum Gasteiger partial charge on any atom is 0.122 e. The first-order valence-electron chi connectivity index (χ1n) is 5.31. The number of para-hydroxylation sites is 1. The minimum absolute atomic E-state index is 0.750. The van der Waals surface area contributed by atoms with Gasteiger partial charge in [0.25, 0.3) is 0 Å². The van der Waals surface area contributed by atoms with E-state index >= 15 is 0 Å². The number of benzene rings is 1. The van der Waals surface area contributed by atoms with Gasteiger partial charge in [-0.15, -0.1) is 0 Å². The molecular weight excluding hydrogens is 174 g/mol. The van der Waals surface area contributed by atoms with Crippen LogP contribution in [0.4, 0.5) is 0 Å². The van der Waals surface area contributed by atoms with Crippen LogP contribution in [-0.2, 0) is 6.42 Å². The molecule has 0 radical (unpaired) electrons. The highest BCUT2D eigenvalue weighted by Crippen LogP contribution is 2.22. The zero-order valence-corrected chi connectivity index (χ0v) is 8.62. The van der Waals surface area contributed by atoms with Gasteiger partial charge in [-0.05, 0) is 44.0 Å². The summed E-state index contributed by atoms with van der Waals surface area (Å²) < 4.78 is 5.59. The lowest BCUT2D eigenvalue weighted by molar-refractivity contribution is 0.318. The Balaban J connectivity index is 2.05. The van der Waals surface area contributed by atoms with Gasteiger partial charge in [-0.3, -0.25) is 0 Å². The minimum atomic E-state index is 0.750. The van der Waals surface area contributed by atoms with Crippen molar-refractivity contribution in [3.8, 4) is 5.75 Å². The van der Waals surface area contributed by atoms with Crippen molar-refractivity contribution in [1.82, 2.24) is 5.32 Å². The highest BCUT2D eigenvalue weighted by molar-refractivity contribution is 5.33. The van der Waals surface area contributed by atoms with Crippen LogP contribution in [0.15, 0.2) is 24.3 Å². The molecule has 1 aromatic carbocycles. The Labute approximate surface area is 85.3 Å². The normalized spacial score (nSPS) is 16.4. The van der Waals surface area contributed by atoms with Crippen LogP contribution in [0.1, 0.15) is 12.5 Å². The van der Waals surface area contributed by atoms with Crippen LogP contribution in [-0.4, -0.2) is 19.7 Å². The van der Waals surface area contributed by atoms with E-state index in [9.17, 15) is 0 Å². The fourth-order valence-electron chi connectivity index (χ4n) is 1.77. The Morgan fingerprint density at radius 2 is 2.14 bits per heavy atom. The van der Waals surface area contributed by atoms with Crippen molar-refractivity contribution in [1.29, 1.82) is 0 Å². The van der Waals surface area contributed by atoms with Crippen molar-refractivity contribution in [2.75, 3.05) is 19.7 Å². The highest BCUT2D eigenvalue weighted by Gasteiger charge is 2.18. The molecule has 0 atom stereocenters. The molecule has 1 aromatic rings. The highest BCUT2D eigenvalue weighted by atomic mass is 16.5. The molecule has 0 saturated carbocycles. The molecule has 2 heteroatoms. The molecule has 0 spiro atoms. The number of ether oxygens (including phenoxy) is 1. The molecule has 1 N–H and O–H groups in total. The van der Waals surface area contributed by atoms with Crippen molar-refractivity contribution in [3.05, 3.63) is 29.8 Å². The molecular formula is C12H17NO. The third-order valence-electron chi connectivity index (χ3n) is 2.65. The van der Waals surface area contributed by atoms with E-state index < -0.39 is 0 Å². The first kappa shape index (κ1) is 9.53. The molecule has 2 nitrogen and oxygen atoms in total. The van der Waals surface area contributed by atoms with Gasteiger partial charge in [0.05, 0.1) is 6.61 Å². The number of hydrogen-bond donors (Lipinski definition) is 1. The van der Waals surface area contributed by atoms with Crippen molar-refractivity contribution >= 4 is 0 Å². The number of nitrogens with one attached hydrogen (secondary N) is 1. The lowest BCUT2D eigenvalue weighted by Crippen LogP contribution is -2.43. The molecule has 1 saturated heterocycles. The maximum absolute atomic E-state index is 5.59. The largest absolute Gasteiger partial charge is 0.494 e. The average molecular weight is 191 g/mol. The van der Waals surface area contributed by atoms with E-state index in [2.05, 4.69) is 23.5 Å². The Morgan fingerprint density at radius 3 is 2.79 bits per heavy atom. The Kier molecular flexibility index (Phi) is 3.04. The van der Waals surface area contributed by atoms with E-state index in [1.165, 1.54) is 5.56 Å². The Hall–Kier alpha value is -1.02. The lowest BCUT2D eigenvalue weighted by atomic mass is 9.94. The van der Waals surface area contributed by atoms with Gasteiger partial charge in [0.1, 0.15) is 5.75 Å². The van der Waals surface area contributed by atoms with Gasteiger partial charge >= 0.3 is 0 Å². The summed E-state index contributed by atoms with van der Waals surface area (Å²) in [5.74, 6) is 1.86. The zero-order chi connectivity index (χ0) is 9.80. The average Bonchev–Trinajstić information content (AvgIpc) is 2.14. The summed E-state index contributed by atoms with van der Waals surface area (Å²) in [5.41, 5.74) is 1.35. The molecule has 0 unspecified atom stereocenters. The fourth-order valence-corrected chi connectivity index (χ4v) is 1.77. The van der Waals surface area contributed by atoms with Crippen LogP contribution in [0.25, 0.3) is 0 Å². The van der Waals surface area contributed by atoms with Crippen LogP contribution in [0.2, 0.25) is 0 Å². The van der Waals surface area contributed by atoms with Gasteiger partial charge in [-0.1, -0.05) is 18.2 Å². The first-order chi connectivity index (χ1) is 6.90. The molecule has 0 amide bonds. The third-order valence-corrected chi connectivity index (χ3v) is 2.65. The van der Waals surface area contributed by atoms with Gasteiger partial charge in [0, 0.05) is 0 Å². The summed E-state index contributed by atoms with van der Waals surface area (Å²) in [4.78, 5) is 0. The van der Waals surface area contributed by atoms with Crippen LogP contribution in [0.5, 0.6) is 5.75 Å². The van der Waals surface area contributed by atoms with E-state index in [0.29, 0.717) is 0 Å². The monoisotopic (exact) mass is 191 g/mol. The molecule has 2 rings (SSSR count). The van der Waals surface area contributed by atoms with E-state index in [1.54, 1.807) is 0 Å². The molecule has 76 valence electrons. The second kappa shape index (κ2) is 4.47. The molecule has 1 aliphatic rings. The second-order valence-corrected chi connectivity index (χ2v) is 3.77. The molecule has 0 aliphatic carbocycles. The molecule has 0 aromatic heterocycles. The second-order valence-electron chi connectivity index (χ2n) is 3.77. The maximum atomic E-state index is 5.59. The van der Waals surface area contributed by atoms with Crippen molar-refractivity contribution in [3.63, 3.8) is 0 Å². The topological polar surface area (TPSA) is 21.3 Å². The quantitative estimate of drug-likeness (QED) is 0.784. The summed E-state index contributed by atoms with van der Waals surface area (Å²) in [5, 5.41) is 3.29. The summed E-state index contributed by atoms with van der Waals surface area (Å²) in [6.07, 6.45) is 1.14. The summed E-state index contributed by atoms with van der Waals surface area (Å²) >= 11 is 0. The molecule has 1 heterocycles. The van der Waals surface area contributed by atoms with E-state index in [1.807, 2.05) is 13.0 Å². The summed E-state index contributed by atoms with van der Waals surface area (Å²) in [6, 6.07) is 8.35. The molecule has 0 bridgehead atoms. The van der Waals surface area contributed by atoms with E-state index in [0.717, 1.165) is 37.8 Å².